The van der Waals surface area contributed by atoms with Gasteiger partial charge in [0.1, 0.15) is 11.7 Å². The van der Waals surface area contributed by atoms with Crippen LogP contribution in [0.1, 0.15) is 46.0 Å². The average molecular weight is 210 g/mol. The second-order valence-electron chi connectivity index (χ2n) is 5.33. The van der Waals surface area contributed by atoms with Crippen LogP contribution in [-0.4, -0.2) is 17.5 Å². The summed E-state index contributed by atoms with van der Waals surface area (Å²) in [4.78, 5) is 11.2. The number of fused-ring (bicyclic) bond motifs is 1. The van der Waals surface area contributed by atoms with Crippen molar-refractivity contribution in [3.63, 3.8) is 0 Å². The van der Waals surface area contributed by atoms with Crippen LogP contribution in [0.2, 0.25) is 0 Å². The van der Waals surface area contributed by atoms with E-state index in [2.05, 4.69) is 19.9 Å². The van der Waals surface area contributed by atoms with Crippen molar-refractivity contribution in [3.8, 4) is 0 Å². The molecule has 1 aliphatic heterocycles. The van der Waals surface area contributed by atoms with Crippen molar-refractivity contribution in [2.24, 2.45) is 0 Å². The predicted molar refractivity (Wildman–Crippen MR) is 55.0 cm³/mol. The van der Waals surface area contributed by atoms with Crippen molar-refractivity contribution >= 4 is 0 Å². The minimum atomic E-state index is -0.439. The topological polar surface area (TPSA) is 27.7 Å². The molecule has 15 heavy (non-hydrogen) atoms. The molecular formula is C12H18O3. The lowest BCUT2D eigenvalue weighted by Gasteiger charge is -2.43. The van der Waals surface area contributed by atoms with E-state index in [9.17, 15) is 0 Å². The molecule has 84 valence electrons. The zero-order valence-electron chi connectivity index (χ0n) is 9.41. The van der Waals surface area contributed by atoms with E-state index in [0.29, 0.717) is 0 Å². The Kier molecular flexibility index (Phi) is 2.00. The van der Waals surface area contributed by atoms with Gasteiger partial charge in [0.15, 0.2) is 0 Å². The first-order valence-electron chi connectivity index (χ1n) is 5.84. The summed E-state index contributed by atoms with van der Waals surface area (Å²) >= 11 is 0. The third kappa shape index (κ3) is 1.45. The molecule has 1 spiro atoms. The maximum atomic E-state index is 6.11. The van der Waals surface area contributed by atoms with E-state index < -0.39 is 5.79 Å². The molecular weight excluding hydrogens is 192 g/mol. The van der Waals surface area contributed by atoms with Crippen LogP contribution in [0.3, 0.4) is 0 Å². The first-order valence-corrected chi connectivity index (χ1v) is 5.84. The van der Waals surface area contributed by atoms with Crippen molar-refractivity contribution in [1.29, 1.82) is 0 Å². The predicted octanol–water partition coefficient (Wildman–Crippen LogP) is 2.71. The molecule has 0 radical (unpaired) electrons. The van der Waals surface area contributed by atoms with E-state index in [0.717, 1.165) is 19.3 Å². The van der Waals surface area contributed by atoms with Crippen LogP contribution in [-0.2, 0) is 14.5 Å². The van der Waals surface area contributed by atoms with Crippen LogP contribution < -0.4 is 0 Å². The van der Waals surface area contributed by atoms with E-state index in [4.69, 9.17) is 14.5 Å². The summed E-state index contributed by atoms with van der Waals surface area (Å²) in [5.74, 6) is -0.439. The Labute approximate surface area is 90.3 Å². The molecule has 0 aromatic heterocycles. The quantitative estimate of drug-likeness (QED) is 0.454. The molecule has 2 fully saturated rings. The fraction of sp³-hybridized carbons (Fsp3) is 0.833. The molecule has 3 rings (SSSR count). The van der Waals surface area contributed by atoms with Crippen LogP contribution in [0.5, 0.6) is 0 Å². The fourth-order valence-electron chi connectivity index (χ4n) is 2.92. The summed E-state index contributed by atoms with van der Waals surface area (Å²) in [5.41, 5.74) is 1.04. The smallest absolute Gasteiger partial charge is 0.202 e. The molecule has 0 N–H and O–H groups in total. The van der Waals surface area contributed by atoms with Crippen molar-refractivity contribution in [2.45, 2.75) is 63.4 Å². The summed E-state index contributed by atoms with van der Waals surface area (Å²) in [7, 11) is 0. The molecule has 3 nitrogen and oxygen atoms in total. The van der Waals surface area contributed by atoms with Gasteiger partial charge >= 0.3 is 0 Å². The number of hydrogen-bond acceptors (Lipinski definition) is 3. The molecule has 2 atom stereocenters. The maximum Gasteiger partial charge on any atom is 0.202 e. The van der Waals surface area contributed by atoms with Gasteiger partial charge in [0.25, 0.3) is 0 Å². The van der Waals surface area contributed by atoms with Crippen LogP contribution in [0.4, 0.5) is 0 Å². The maximum absolute atomic E-state index is 6.11. The monoisotopic (exact) mass is 210 g/mol. The van der Waals surface area contributed by atoms with Gasteiger partial charge in [-0.15, -0.1) is 0 Å². The Morgan fingerprint density at radius 2 is 2.00 bits per heavy atom. The molecule has 1 saturated carbocycles. The van der Waals surface area contributed by atoms with E-state index in [-0.39, 0.29) is 11.7 Å². The molecule has 0 aromatic rings. The van der Waals surface area contributed by atoms with Crippen LogP contribution >= 0.6 is 0 Å². The fourth-order valence-corrected chi connectivity index (χ4v) is 2.92. The van der Waals surface area contributed by atoms with Crippen LogP contribution in [0, 0.1) is 0 Å². The number of hydrogen-bond donors (Lipinski definition) is 0. The van der Waals surface area contributed by atoms with Gasteiger partial charge in [0, 0.05) is 19.3 Å². The Morgan fingerprint density at radius 3 is 2.73 bits per heavy atom. The van der Waals surface area contributed by atoms with Crippen LogP contribution in [0.25, 0.3) is 0 Å². The lowest BCUT2D eigenvalue weighted by atomic mass is 9.99. The normalized spacial score (nSPS) is 43.1. The summed E-state index contributed by atoms with van der Waals surface area (Å²) < 4.78 is 6.11. The van der Waals surface area contributed by atoms with Gasteiger partial charge in [0.2, 0.25) is 5.79 Å². The Bertz CT molecular complexity index is 304. The largest absolute Gasteiger partial charge is 0.337 e. The molecule has 1 saturated heterocycles. The molecule has 1 heterocycles. The van der Waals surface area contributed by atoms with Gasteiger partial charge < -0.3 is 4.74 Å². The highest BCUT2D eigenvalue weighted by Gasteiger charge is 2.53. The molecule has 3 heteroatoms. The number of rotatable bonds is 0. The molecule has 2 aliphatic carbocycles. The van der Waals surface area contributed by atoms with Gasteiger partial charge in [-0.1, -0.05) is 11.6 Å². The van der Waals surface area contributed by atoms with Crippen molar-refractivity contribution in [3.05, 3.63) is 11.6 Å². The lowest BCUT2D eigenvalue weighted by molar-refractivity contribution is -0.516. The van der Waals surface area contributed by atoms with Gasteiger partial charge in [-0.25, -0.2) is 9.78 Å². The van der Waals surface area contributed by atoms with Crippen molar-refractivity contribution in [2.75, 3.05) is 0 Å². The standard InChI is InChI=1S/C12H18O3/c1-9-7-10-11(2,8-9)14-15-12(13-10)5-3-4-6-12/h7,10H,3-6,8H2,1-2H3/t10-,11+/m1/s1. The van der Waals surface area contributed by atoms with Crippen LogP contribution in [0.15, 0.2) is 11.6 Å². The minimum Gasteiger partial charge on any atom is -0.337 e. The first kappa shape index (κ1) is 9.82. The zero-order chi connectivity index (χ0) is 10.5. The van der Waals surface area contributed by atoms with Gasteiger partial charge in [-0.2, -0.15) is 0 Å². The van der Waals surface area contributed by atoms with Gasteiger partial charge in [0.05, 0.1) is 0 Å². The summed E-state index contributed by atoms with van der Waals surface area (Å²) in [6.07, 6.45) is 7.45. The molecule has 0 amide bonds. The molecule has 0 unspecified atom stereocenters. The first-order chi connectivity index (χ1) is 7.12. The van der Waals surface area contributed by atoms with Crippen molar-refractivity contribution in [1.82, 2.24) is 0 Å². The highest BCUT2D eigenvalue weighted by atomic mass is 17.2. The number of ether oxygens (including phenoxy) is 1. The van der Waals surface area contributed by atoms with E-state index in [1.807, 2.05) is 0 Å². The third-order valence-corrected chi connectivity index (χ3v) is 3.76. The second kappa shape index (κ2) is 3.06. The zero-order valence-corrected chi connectivity index (χ0v) is 9.41. The summed E-state index contributed by atoms with van der Waals surface area (Å²) in [6.45, 7) is 4.18. The summed E-state index contributed by atoms with van der Waals surface area (Å²) in [5, 5.41) is 0. The SMILES string of the molecule is CC1=C[C@H]2OC3(CCCC3)OO[C@@]2(C)C1. The third-order valence-electron chi connectivity index (χ3n) is 3.76. The second-order valence-corrected chi connectivity index (χ2v) is 5.33. The Morgan fingerprint density at radius 1 is 1.27 bits per heavy atom. The summed E-state index contributed by atoms with van der Waals surface area (Å²) in [6, 6.07) is 0. The average Bonchev–Trinajstić information content (AvgIpc) is 2.72. The highest BCUT2D eigenvalue weighted by Crippen LogP contribution is 2.46. The Hall–Kier alpha value is -0.380. The minimum absolute atomic E-state index is 0.0735. The lowest BCUT2D eigenvalue weighted by Crippen LogP contribution is -2.53. The van der Waals surface area contributed by atoms with Gasteiger partial charge in [-0.3, -0.25) is 0 Å². The molecule has 0 bridgehead atoms. The van der Waals surface area contributed by atoms with E-state index in [1.165, 1.54) is 18.4 Å². The van der Waals surface area contributed by atoms with E-state index >= 15 is 0 Å². The Balaban J connectivity index is 1.82. The molecule has 3 aliphatic rings. The molecule has 0 aromatic carbocycles. The van der Waals surface area contributed by atoms with Crippen molar-refractivity contribution < 1.29 is 14.5 Å². The van der Waals surface area contributed by atoms with Gasteiger partial charge in [-0.05, 0) is 26.7 Å². The highest BCUT2D eigenvalue weighted by molar-refractivity contribution is 5.20. The van der Waals surface area contributed by atoms with E-state index in [1.54, 1.807) is 0 Å².